The minimum atomic E-state index is -0.328. The van der Waals surface area contributed by atoms with E-state index in [1.807, 2.05) is 0 Å². The fraction of sp³-hybridized carbons (Fsp3) is 0.429. The summed E-state index contributed by atoms with van der Waals surface area (Å²) >= 11 is 9.41. The lowest BCUT2D eigenvalue weighted by Crippen LogP contribution is -2.50. The molecule has 0 atom stereocenters. The number of nitrogens with zero attached hydrogens (tertiary/aromatic N) is 2. The molecular formula is C14H16BrClN2O3. The highest BCUT2D eigenvalue weighted by molar-refractivity contribution is 9.10. The Bertz CT molecular complexity index is 545. The van der Waals surface area contributed by atoms with E-state index in [2.05, 4.69) is 15.9 Å². The molecule has 7 heteroatoms. The summed E-state index contributed by atoms with van der Waals surface area (Å²) < 4.78 is 5.78. The van der Waals surface area contributed by atoms with E-state index in [1.54, 1.807) is 34.9 Å². The molecule has 1 heterocycles. The van der Waals surface area contributed by atoms with Crippen LogP contribution in [0.4, 0.5) is 4.79 Å². The van der Waals surface area contributed by atoms with Gasteiger partial charge in [0, 0.05) is 30.7 Å². The Hall–Kier alpha value is -1.27. The van der Waals surface area contributed by atoms with E-state index in [4.69, 9.17) is 16.3 Å². The third kappa shape index (κ3) is 3.89. The van der Waals surface area contributed by atoms with Crippen LogP contribution in [-0.4, -0.2) is 54.6 Å². The Kier molecular flexibility index (Phi) is 5.47. The third-order valence-electron chi connectivity index (χ3n) is 3.25. The minimum Gasteiger partial charge on any atom is -0.450 e. The highest BCUT2D eigenvalue weighted by Gasteiger charge is 2.26. The number of hydrogen-bond donors (Lipinski definition) is 0. The Morgan fingerprint density at radius 3 is 2.43 bits per heavy atom. The van der Waals surface area contributed by atoms with Crippen LogP contribution in [-0.2, 0) is 4.74 Å². The molecule has 1 aromatic rings. The standard InChI is InChI=1S/C14H16BrClN2O3/c1-2-21-14(20)18-7-5-17(6-8-18)13(19)11-4-3-10(15)9-12(11)16/h3-4,9H,2,5-8H2,1H3. The van der Waals surface area contributed by atoms with Gasteiger partial charge in [0.05, 0.1) is 17.2 Å². The summed E-state index contributed by atoms with van der Waals surface area (Å²) in [5.41, 5.74) is 0.476. The van der Waals surface area contributed by atoms with E-state index in [1.165, 1.54) is 0 Å². The van der Waals surface area contributed by atoms with Gasteiger partial charge in [0.15, 0.2) is 0 Å². The first-order chi connectivity index (χ1) is 10.0. The van der Waals surface area contributed by atoms with E-state index < -0.39 is 0 Å². The topological polar surface area (TPSA) is 49.9 Å². The van der Waals surface area contributed by atoms with Gasteiger partial charge in [-0.2, -0.15) is 0 Å². The van der Waals surface area contributed by atoms with Crippen LogP contribution in [0.25, 0.3) is 0 Å². The summed E-state index contributed by atoms with van der Waals surface area (Å²) in [5.74, 6) is -0.115. The fourth-order valence-electron chi connectivity index (χ4n) is 2.14. The molecule has 0 spiro atoms. The van der Waals surface area contributed by atoms with Gasteiger partial charge in [0.25, 0.3) is 5.91 Å². The van der Waals surface area contributed by atoms with E-state index in [9.17, 15) is 9.59 Å². The predicted octanol–water partition coefficient (Wildman–Crippen LogP) is 3.02. The summed E-state index contributed by atoms with van der Waals surface area (Å²) in [4.78, 5) is 27.3. The average Bonchev–Trinajstić information content (AvgIpc) is 2.47. The van der Waals surface area contributed by atoms with Gasteiger partial charge in [0.2, 0.25) is 0 Å². The maximum Gasteiger partial charge on any atom is 0.409 e. The second-order valence-corrected chi connectivity index (χ2v) is 5.93. The fourth-order valence-corrected chi connectivity index (χ4v) is 2.89. The first-order valence-electron chi connectivity index (χ1n) is 6.69. The lowest BCUT2D eigenvalue weighted by atomic mass is 10.2. The van der Waals surface area contributed by atoms with Crippen LogP contribution in [0.15, 0.2) is 22.7 Å². The molecule has 1 aromatic carbocycles. The number of rotatable bonds is 2. The molecular weight excluding hydrogens is 360 g/mol. The van der Waals surface area contributed by atoms with Crippen LogP contribution >= 0.6 is 27.5 Å². The van der Waals surface area contributed by atoms with Gasteiger partial charge in [-0.1, -0.05) is 27.5 Å². The molecule has 0 aromatic heterocycles. The molecule has 0 bridgehead atoms. The molecule has 2 amide bonds. The third-order valence-corrected chi connectivity index (χ3v) is 4.06. The predicted molar refractivity (Wildman–Crippen MR) is 83.7 cm³/mol. The van der Waals surface area contributed by atoms with E-state index >= 15 is 0 Å². The lowest BCUT2D eigenvalue weighted by Gasteiger charge is -2.34. The molecule has 1 fully saturated rings. The van der Waals surface area contributed by atoms with Crippen LogP contribution in [0.3, 0.4) is 0 Å². The highest BCUT2D eigenvalue weighted by atomic mass is 79.9. The van der Waals surface area contributed by atoms with Gasteiger partial charge in [0.1, 0.15) is 0 Å². The van der Waals surface area contributed by atoms with Gasteiger partial charge in [-0.3, -0.25) is 4.79 Å². The molecule has 5 nitrogen and oxygen atoms in total. The van der Waals surface area contributed by atoms with Crippen molar-refractivity contribution in [3.05, 3.63) is 33.3 Å². The van der Waals surface area contributed by atoms with Crippen molar-refractivity contribution in [2.75, 3.05) is 32.8 Å². The Morgan fingerprint density at radius 1 is 1.24 bits per heavy atom. The zero-order valence-electron chi connectivity index (χ0n) is 11.6. The molecule has 1 saturated heterocycles. The summed E-state index contributed by atoms with van der Waals surface area (Å²) in [7, 11) is 0. The van der Waals surface area contributed by atoms with E-state index in [0.717, 1.165) is 4.47 Å². The van der Waals surface area contributed by atoms with E-state index in [-0.39, 0.29) is 12.0 Å². The van der Waals surface area contributed by atoms with Crippen LogP contribution in [0.5, 0.6) is 0 Å². The highest BCUT2D eigenvalue weighted by Crippen LogP contribution is 2.23. The summed E-state index contributed by atoms with van der Waals surface area (Å²) in [6.45, 7) is 4.02. The maximum atomic E-state index is 12.4. The second kappa shape index (κ2) is 7.13. The van der Waals surface area contributed by atoms with Crippen molar-refractivity contribution in [2.45, 2.75) is 6.92 Å². The molecule has 2 rings (SSSR count). The Balaban J connectivity index is 1.98. The first kappa shape index (κ1) is 16.1. The van der Waals surface area contributed by atoms with Crippen LogP contribution in [0.2, 0.25) is 5.02 Å². The van der Waals surface area contributed by atoms with E-state index in [0.29, 0.717) is 43.4 Å². The van der Waals surface area contributed by atoms with Gasteiger partial charge < -0.3 is 14.5 Å². The van der Waals surface area contributed by atoms with Gasteiger partial charge in [-0.15, -0.1) is 0 Å². The largest absolute Gasteiger partial charge is 0.450 e. The molecule has 0 radical (unpaired) electrons. The zero-order chi connectivity index (χ0) is 15.4. The number of carbonyl (C=O) groups excluding carboxylic acids is 2. The van der Waals surface area contributed by atoms with Crippen molar-refractivity contribution in [1.82, 2.24) is 9.80 Å². The van der Waals surface area contributed by atoms with Gasteiger partial charge >= 0.3 is 6.09 Å². The van der Waals surface area contributed by atoms with Gasteiger partial charge in [-0.05, 0) is 25.1 Å². The molecule has 21 heavy (non-hydrogen) atoms. The monoisotopic (exact) mass is 374 g/mol. The SMILES string of the molecule is CCOC(=O)N1CCN(C(=O)c2ccc(Br)cc2Cl)CC1. The van der Waals surface area contributed by atoms with Crippen molar-refractivity contribution in [1.29, 1.82) is 0 Å². The van der Waals surface area contributed by atoms with Crippen molar-refractivity contribution < 1.29 is 14.3 Å². The molecule has 1 aliphatic heterocycles. The van der Waals surface area contributed by atoms with Crippen molar-refractivity contribution >= 4 is 39.5 Å². The number of ether oxygens (including phenoxy) is 1. The number of benzene rings is 1. The van der Waals surface area contributed by atoms with Crippen LogP contribution in [0, 0.1) is 0 Å². The van der Waals surface area contributed by atoms with Crippen LogP contribution in [0.1, 0.15) is 17.3 Å². The number of carbonyl (C=O) groups is 2. The first-order valence-corrected chi connectivity index (χ1v) is 7.86. The molecule has 1 aliphatic rings. The number of hydrogen-bond acceptors (Lipinski definition) is 3. The molecule has 0 aliphatic carbocycles. The summed E-state index contributed by atoms with van der Waals surface area (Å²) in [5, 5.41) is 0.419. The Labute approximate surface area is 136 Å². The maximum absolute atomic E-state index is 12.4. The minimum absolute atomic E-state index is 0.115. The summed E-state index contributed by atoms with van der Waals surface area (Å²) in [6.07, 6.45) is -0.328. The normalized spacial score (nSPS) is 15.0. The molecule has 0 N–H and O–H groups in total. The quantitative estimate of drug-likeness (QED) is 0.798. The number of amides is 2. The van der Waals surface area contributed by atoms with Crippen molar-refractivity contribution in [3.8, 4) is 0 Å². The molecule has 114 valence electrons. The summed E-state index contributed by atoms with van der Waals surface area (Å²) in [6, 6.07) is 5.18. The lowest BCUT2D eigenvalue weighted by molar-refractivity contribution is 0.0570. The zero-order valence-corrected chi connectivity index (χ0v) is 14.0. The van der Waals surface area contributed by atoms with Crippen molar-refractivity contribution in [3.63, 3.8) is 0 Å². The van der Waals surface area contributed by atoms with Crippen molar-refractivity contribution in [2.24, 2.45) is 0 Å². The smallest absolute Gasteiger partial charge is 0.409 e. The average molecular weight is 376 g/mol. The molecule has 0 unspecified atom stereocenters. The van der Waals surface area contributed by atoms with Gasteiger partial charge in [-0.25, -0.2) is 4.79 Å². The van der Waals surface area contributed by atoms with Crippen LogP contribution < -0.4 is 0 Å². The number of piperazine rings is 1. The number of halogens is 2. The second-order valence-electron chi connectivity index (χ2n) is 4.60. The molecule has 0 saturated carbocycles. The Morgan fingerprint density at radius 2 is 1.86 bits per heavy atom.